The Morgan fingerprint density at radius 2 is 2.10 bits per heavy atom. The van der Waals surface area contributed by atoms with E-state index in [9.17, 15) is 9.59 Å². The van der Waals surface area contributed by atoms with E-state index in [-0.39, 0.29) is 13.0 Å². The maximum Gasteiger partial charge on any atom is 0.410 e. The number of esters is 1. The molecule has 7 heteroatoms. The zero-order chi connectivity index (χ0) is 16.0. The number of likely N-dealkylation sites (N-methyl/N-ethyl adjacent to an activating group) is 1. The first-order chi connectivity index (χ1) is 9.74. The summed E-state index contributed by atoms with van der Waals surface area (Å²) in [4.78, 5) is 32.2. The molecule has 0 aliphatic heterocycles. The van der Waals surface area contributed by atoms with Crippen LogP contribution in [0.5, 0.6) is 0 Å². The summed E-state index contributed by atoms with van der Waals surface area (Å²) in [5.74, 6) is -0.472. The Morgan fingerprint density at radius 3 is 2.57 bits per heavy atom. The number of imidazole rings is 1. The summed E-state index contributed by atoms with van der Waals surface area (Å²) >= 11 is 0. The molecule has 0 aromatic carbocycles. The number of aromatic nitrogens is 2. The fourth-order valence-electron chi connectivity index (χ4n) is 1.68. The van der Waals surface area contributed by atoms with E-state index in [1.54, 1.807) is 33.9 Å². The first kappa shape index (κ1) is 17.0. The Morgan fingerprint density at radius 1 is 1.43 bits per heavy atom. The van der Waals surface area contributed by atoms with E-state index in [0.717, 1.165) is 5.69 Å². The van der Waals surface area contributed by atoms with Gasteiger partial charge in [0, 0.05) is 25.4 Å². The van der Waals surface area contributed by atoms with Gasteiger partial charge in [0.15, 0.2) is 0 Å². The highest BCUT2D eigenvalue weighted by Gasteiger charge is 2.31. The molecular weight excluding hydrogens is 274 g/mol. The molecule has 0 fully saturated rings. The average molecular weight is 297 g/mol. The normalized spacial score (nSPS) is 12.6. The molecule has 7 nitrogen and oxygen atoms in total. The molecule has 0 spiro atoms. The Labute approximate surface area is 124 Å². The van der Waals surface area contributed by atoms with E-state index in [2.05, 4.69) is 9.97 Å². The molecule has 1 atom stereocenters. The molecule has 21 heavy (non-hydrogen) atoms. The van der Waals surface area contributed by atoms with Crippen LogP contribution in [0, 0.1) is 0 Å². The molecule has 0 bridgehead atoms. The number of aromatic amines is 1. The van der Waals surface area contributed by atoms with Crippen molar-refractivity contribution < 1.29 is 19.1 Å². The van der Waals surface area contributed by atoms with Gasteiger partial charge in [-0.1, -0.05) is 0 Å². The molecule has 0 saturated carbocycles. The van der Waals surface area contributed by atoms with E-state index in [1.807, 2.05) is 0 Å². The molecule has 118 valence electrons. The van der Waals surface area contributed by atoms with E-state index in [4.69, 9.17) is 9.47 Å². The fourth-order valence-corrected chi connectivity index (χ4v) is 1.68. The summed E-state index contributed by atoms with van der Waals surface area (Å²) in [6.45, 7) is 7.28. The third-order valence-electron chi connectivity index (χ3n) is 2.68. The lowest BCUT2D eigenvalue weighted by Crippen LogP contribution is -2.46. The number of hydrogen-bond acceptors (Lipinski definition) is 5. The second-order valence-electron chi connectivity index (χ2n) is 5.64. The first-order valence-corrected chi connectivity index (χ1v) is 6.84. The summed E-state index contributed by atoms with van der Waals surface area (Å²) < 4.78 is 10.3. The van der Waals surface area contributed by atoms with E-state index < -0.39 is 23.7 Å². The lowest BCUT2D eigenvalue weighted by molar-refractivity contribution is -0.148. The zero-order valence-electron chi connectivity index (χ0n) is 13.2. The molecule has 1 N–H and O–H groups in total. The number of rotatable bonds is 5. The van der Waals surface area contributed by atoms with Crippen LogP contribution in [0.4, 0.5) is 4.79 Å². The molecule has 0 aliphatic carbocycles. The van der Waals surface area contributed by atoms with Crippen LogP contribution in [0.3, 0.4) is 0 Å². The molecule has 0 aliphatic rings. The van der Waals surface area contributed by atoms with Crippen molar-refractivity contribution in [2.75, 3.05) is 13.7 Å². The third-order valence-corrected chi connectivity index (χ3v) is 2.68. The van der Waals surface area contributed by atoms with Crippen LogP contribution in [0.15, 0.2) is 12.5 Å². The molecule has 0 saturated heterocycles. The van der Waals surface area contributed by atoms with Crippen molar-refractivity contribution in [3.05, 3.63) is 18.2 Å². The molecule has 1 aromatic rings. The van der Waals surface area contributed by atoms with Crippen molar-refractivity contribution in [3.63, 3.8) is 0 Å². The van der Waals surface area contributed by atoms with Gasteiger partial charge in [-0.25, -0.2) is 14.6 Å². The molecular formula is C14H23N3O4. The Hall–Kier alpha value is -2.05. The summed E-state index contributed by atoms with van der Waals surface area (Å²) in [5, 5.41) is 0. The van der Waals surface area contributed by atoms with Gasteiger partial charge in [0.1, 0.15) is 11.6 Å². The SMILES string of the molecule is CCOC(=O)[C@H](Cc1cnc[nH]1)N(C)C(=O)OC(C)(C)C. The Balaban J connectivity index is 2.84. The van der Waals surface area contributed by atoms with Gasteiger partial charge in [-0.05, 0) is 27.7 Å². The molecule has 1 aromatic heterocycles. The van der Waals surface area contributed by atoms with Crippen molar-refractivity contribution in [2.45, 2.75) is 45.8 Å². The van der Waals surface area contributed by atoms with Crippen molar-refractivity contribution in [1.29, 1.82) is 0 Å². The smallest absolute Gasteiger partial charge is 0.410 e. The summed E-state index contributed by atoms with van der Waals surface area (Å²) in [5.41, 5.74) is 0.113. The maximum atomic E-state index is 12.1. The Kier molecular flexibility index (Phi) is 5.75. The monoisotopic (exact) mass is 297 g/mol. The average Bonchev–Trinajstić information content (AvgIpc) is 2.86. The number of H-pyrrole nitrogens is 1. The standard InChI is InChI=1S/C14H23N3O4/c1-6-20-12(18)11(7-10-8-15-9-16-10)17(5)13(19)21-14(2,3)4/h8-9,11H,6-7H2,1-5H3,(H,15,16)/t11-/m0/s1. The van der Waals surface area contributed by atoms with Crippen molar-refractivity contribution in [3.8, 4) is 0 Å². The number of hydrogen-bond donors (Lipinski definition) is 1. The fraction of sp³-hybridized carbons (Fsp3) is 0.643. The lowest BCUT2D eigenvalue weighted by Gasteiger charge is -2.29. The second-order valence-corrected chi connectivity index (χ2v) is 5.64. The minimum Gasteiger partial charge on any atom is -0.464 e. The van der Waals surface area contributed by atoms with Crippen LogP contribution in [0.25, 0.3) is 0 Å². The highest BCUT2D eigenvalue weighted by atomic mass is 16.6. The first-order valence-electron chi connectivity index (χ1n) is 6.84. The van der Waals surface area contributed by atoms with Crippen LogP contribution >= 0.6 is 0 Å². The van der Waals surface area contributed by atoms with Gasteiger partial charge in [0.2, 0.25) is 0 Å². The van der Waals surface area contributed by atoms with Crippen molar-refractivity contribution >= 4 is 12.1 Å². The van der Waals surface area contributed by atoms with E-state index in [0.29, 0.717) is 0 Å². The predicted molar refractivity (Wildman–Crippen MR) is 76.7 cm³/mol. The second kappa shape index (κ2) is 7.10. The van der Waals surface area contributed by atoms with Gasteiger partial charge >= 0.3 is 12.1 Å². The van der Waals surface area contributed by atoms with Crippen LogP contribution in [-0.2, 0) is 20.7 Å². The predicted octanol–water partition coefficient (Wildman–Crippen LogP) is 1.75. The highest BCUT2D eigenvalue weighted by Crippen LogP contribution is 2.13. The molecule has 0 unspecified atom stereocenters. The lowest BCUT2D eigenvalue weighted by atomic mass is 10.1. The van der Waals surface area contributed by atoms with Crippen LogP contribution < -0.4 is 0 Å². The van der Waals surface area contributed by atoms with Gasteiger partial charge in [0.25, 0.3) is 0 Å². The number of nitrogens with zero attached hydrogens (tertiary/aromatic N) is 2. The van der Waals surface area contributed by atoms with Crippen molar-refractivity contribution in [2.24, 2.45) is 0 Å². The van der Waals surface area contributed by atoms with Crippen LogP contribution in [-0.4, -0.2) is 52.2 Å². The highest BCUT2D eigenvalue weighted by molar-refractivity contribution is 5.81. The van der Waals surface area contributed by atoms with Crippen LogP contribution in [0.1, 0.15) is 33.4 Å². The van der Waals surface area contributed by atoms with Crippen molar-refractivity contribution in [1.82, 2.24) is 14.9 Å². The molecule has 1 amide bonds. The minimum atomic E-state index is -0.764. The largest absolute Gasteiger partial charge is 0.464 e. The number of carbonyl (C=O) groups excluding carboxylic acids is 2. The summed E-state index contributed by atoms with van der Waals surface area (Å²) in [6.07, 6.45) is 2.84. The number of carbonyl (C=O) groups is 2. The van der Waals surface area contributed by atoms with E-state index >= 15 is 0 Å². The zero-order valence-corrected chi connectivity index (χ0v) is 13.2. The summed E-state index contributed by atoms with van der Waals surface area (Å²) in [6, 6.07) is -0.764. The number of ether oxygens (including phenoxy) is 2. The van der Waals surface area contributed by atoms with Gasteiger partial charge in [0.05, 0.1) is 12.9 Å². The number of amides is 1. The maximum absolute atomic E-state index is 12.1. The van der Waals surface area contributed by atoms with Gasteiger partial charge in [-0.2, -0.15) is 0 Å². The topological polar surface area (TPSA) is 84.5 Å². The van der Waals surface area contributed by atoms with Gasteiger partial charge in [-0.3, -0.25) is 4.90 Å². The summed E-state index contributed by atoms with van der Waals surface area (Å²) in [7, 11) is 1.52. The molecule has 0 radical (unpaired) electrons. The number of nitrogens with one attached hydrogen (secondary N) is 1. The van der Waals surface area contributed by atoms with Gasteiger partial charge in [-0.15, -0.1) is 0 Å². The molecule has 1 rings (SSSR count). The molecule has 1 heterocycles. The minimum absolute atomic E-state index is 0.250. The third kappa shape index (κ3) is 5.45. The van der Waals surface area contributed by atoms with E-state index in [1.165, 1.54) is 18.3 Å². The Bertz CT molecular complexity index is 465. The van der Waals surface area contributed by atoms with Gasteiger partial charge < -0.3 is 14.5 Å². The van der Waals surface area contributed by atoms with Crippen LogP contribution in [0.2, 0.25) is 0 Å². The quantitative estimate of drug-likeness (QED) is 0.837.